The number of rotatable bonds is 3. The minimum atomic E-state index is -0.981. The van der Waals surface area contributed by atoms with Crippen LogP contribution in [0.15, 0.2) is 43.0 Å². The summed E-state index contributed by atoms with van der Waals surface area (Å²) in [6, 6.07) is 9.39. The average Bonchev–Trinajstić information content (AvgIpc) is 2.30. The summed E-state index contributed by atoms with van der Waals surface area (Å²) in [5.41, 5.74) is 6.13. The van der Waals surface area contributed by atoms with Crippen molar-refractivity contribution in [1.29, 1.82) is 0 Å². The maximum atomic E-state index is 9.25. The Hall–Kier alpha value is -1.65. The van der Waals surface area contributed by atoms with Crippen molar-refractivity contribution in [3.8, 4) is 0 Å². The fourth-order valence-corrected chi connectivity index (χ4v) is 0.811. The fourth-order valence-electron chi connectivity index (χ4n) is 0.811. The molecule has 82 valence electrons. The Balaban J connectivity index is 0.000000336. The Morgan fingerprint density at radius 3 is 2.27 bits per heavy atom. The molecule has 0 aromatic heterocycles. The van der Waals surface area contributed by atoms with Crippen molar-refractivity contribution < 1.29 is 15.0 Å². The van der Waals surface area contributed by atoms with Gasteiger partial charge in [-0.1, -0.05) is 36.9 Å². The Bertz CT molecular complexity index is 298. The van der Waals surface area contributed by atoms with Crippen LogP contribution >= 0.6 is 0 Å². The van der Waals surface area contributed by atoms with Gasteiger partial charge in [-0.2, -0.15) is 0 Å². The average molecular weight is 209 g/mol. The highest BCUT2D eigenvalue weighted by molar-refractivity contribution is 5.78. The first-order chi connectivity index (χ1) is 7.11. The standard InChI is InChI=1S/C8H11NO.C3H4O2/c9-6-8(10)7-4-2-1-3-5-7;1-2-3(4)5/h1-5,8,10H,6,9H2;2H,1H2,(H,4,5). The molecule has 0 radical (unpaired) electrons. The Labute approximate surface area is 88.7 Å². The van der Waals surface area contributed by atoms with E-state index >= 15 is 0 Å². The van der Waals surface area contributed by atoms with Crippen molar-refractivity contribution >= 4 is 5.97 Å². The van der Waals surface area contributed by atoms with Crippen LogP contribution in [0.3, 0.4) is 0 Å². The second-order valence-electron chi connectivity index (χ2n) is 2.70. The van der Waals surface area contributed by atoms with Crippen LogP contribution in [-0.4, -0.2) is 22.7 Å². The van der Waals surface area contributed by atoms with Gasteiger partial charge in [0.05, 0.1) is 6.10 Å². The number of aliphatic carboxylic acids is 1. The molecule has 0 saturated carbocycles. The summed E-state index contributed by atoms with van der Waals surface area (Å²) >= 11 is 0. The van der Waals surface area contributed by atoms with E-state index in [9.17, 15) is 9.90 Å². The molecule has 1 rings (SSSR count). The fraction of sp³-hybridized carbons (Fsp3) is 0.182. The molecule has 0 aliphatic heterocycles. The molecule has 0 amide bonds. The first kappa shape index (κ1) is 13.4. The summed E-state index contributed by atoms with van der Waals surface area (Å²) in [7, 11) is 0. The van der Waals surface area contributed by atoms with Crippen molar-refractivity contribution in [2.45, 2.75) is 6.10 Å². The van der Waals surface area contributed by atoms with Crippen LogP contribution in [0.5, 0.6) is 0 Å². The molecule has 1 aromatic rings. The summed E-state index contributed by atoms with van der Waals surface area (Å²) in [5.74, 6) is -0.981. The highest BCUT2D eigenvalue weighted by Crippen LogP contribution is 2.08. The van der Waals surface area contributed by atoms with Gasteiger partial charge in [-0.05, 0) is 5.56 Å². The first-order valence-electron chi connectivity index (χ1n) is 4.40. The number of nitrogens with two attached hydrogens (primary N) is 1. The minimum Gasteiger partial charge on any atom is -0.478 e. The predicted molar refractivity (Wildman–Crippen MR) is 58.3 cm³/mol. The van der Waals surface area contributed by atoms with Gasteiger partial charge in [-0.3, -0.25) is 0 Å². The third-order valence-electron chi connectivity index (χ3n) is 1.58. The third kappa shape index (κ3) is 6.42. The number of hydrogen-bond acceptors (Lipinski definition) is 3. The largest absolute Gasteiger partial charge is 0.478 e. The van der Waals surface area contributed by atoms with E-state index < -0.39 is 12.1 Å². The van der Waals surface area contributed by atoms with E-state index in [1.54, 1.807) is 0 Å². The van der Waals surface area contributed by atoms with Gasteiger partial charge in [0.25, 0.3) is 0 Å². The summed E-state index contributed by atoms with van der Waals surface area (Å²) < 4.78 is 0. The van der Waals surface area contributed by atoms with Gasteiger partial charge in [-0.15, -0.1) is 0 Å². The molecule has 4 heteroatoms. The Kier molecular flexibility index (Phi) is 6.88. The Morgan fingerprint density at radius 1 is 1.47 bits per heavy atom. The van der Waals surface area contributed by atoms with Crippen LogP contribution in [0.25, 0.3) is 0 Å². The minimum absolute atomic E-state index is 0.282. The molecular formula is C11H15NO3. The highest BCUT2D eigenvalue weighted by atomic mass is 16.4. The molecule has 0 bridgehead atoms. The third-order valence-corrected chi connectivity index (χ3v) is 1.58. The number of hydrogen-bond donors (Lipinski definition) is 3. The molecule has 0 heterocycles. The number of benzene rings is 1. The SMILES string of the molecule is C=CC(=O)O.NCC(O)c1ccccc1. The lowest BCUT2D eigenvalue weighted by Crippen LogP contribution is -2.10. The van der Waals surface area contributed by atoms with Crippen LogP contribution in [0.1, 0.15) is 11.7 Å². The van der Waals surface area contributed by atoms with Gasteiger partial charge in [-0.25, -0.2) is 4.79 Å². The molecule has 0 aliphatic carbocycles. The molecule has 1 atom stereocenters. The monoisotopic (exact) mass is 209 g/mol. The molecular weight excluding hydrogens is 194 g/mol. The van der Waals surface area contributed by atoms with Crippen molar-refractivity contribution in [3.63, 3.8) is 0 Å². The molecule has 4 N–H and O–H groups in total. The summed E-state index contributed by atoms with van der Waals surface area (Å²) in [4.78, 5) is 9.25. The second kappa shape index (κ2) is 7.73. The highest BCUT2D eigenvalue weighted by Gasteiger charge is 2.01. The summed E-state index contributed by atoms with van der Waals surface area (Å²) in [6.45, 7) is 3.24. The van der Waals surface area contributed by atoms with E-state index in [0.29, 0.717) is 0 Å². The van der Waals surface area contributed by atoms with Crippen LogP contribution in [0.4, 0.5) is 0 Å². The van der Waals surface area contributed by atoms with E-state index in [4.69, 9.17) is 10.8 Å². The van der Waals surface area contributed by atoms with Crippen molar-refractivity contribution in [1.82, 2.24) is 0 Å². The number of aliphatic hydroxyl groups excluding tert-OH is 1. The lowest BCUT2D eigenvalue weighted by atomic mass is 10.1. The maximum absolute atomic E-state index is 9.25. The molecule has 0 saturated heterocycles. The van der Waals surface area contributed by atoms with Gasteiger partial charge in [0.2, 0.25) is 0 Å². The molecule has 0 fully saturated rings. The molecule has 1 unspecified atom stereocenters. The summed E-state index contributed by atoms with van der Waals surface area (Å²) in [5, 5.41) is 16.8. The number of carboxylic acid groups (broad SMARTS) is 1. The van der Waals surface area contributed by atoms with Crippen molar-refractivity contribution in [3.05, 3.63) is 48.6 Å². The zero-order valence-electron chi connectivity index (χ0n) is 8.34. The molecule has 4 nitrogen and oxygen atoms in total. The van der Waals surface area contributed by atoms with E-state index in [1.807, 2.05) is 30.3 Å². The summed E-state index contributed by atoms with van der Waals surface area (Å²) in [6.07, 6.45) is 0.321. The number of aliphatic hydroxyl groups is 1. The van der Waals surface area contributed by atoms with Gasteiger partial charge < -0.3 is 15.9 Å². The van der Waals surface area contributed by atoms with Crippen molar-refractivity contribution in [2.24, 2.45) is 5.73 Å². The van der Waals surface area contributed by atoms with E-state index in [2.05, 4.69) is 6.58 Å². The van der Waals surface area contributed by atoms with Crippen LogP contribution in [0, 0.1) is 0 Å². The van der Waals surface area contributed by atoms with E-state index in [0.717, 1.165) is 11.6 Å². The topological polar surface area (TPSA) is 83.5 Å². The smallest absolute Gasteiger partial charge is 0.327 e. The lowest BCUT2D eigenvalue weighted by Gasteiger charge is -2.05. The second-order valence-corrected chi connectivity index (χ2v) is 2.70. The molecule has 1 aromatic carbocycles. The maximum Gasteiger partial charge on any atom is 0.327 e. The van der Waals surface area contributed by atoms with Gasteiger partial charge in [0.1, 0.15) is 0 Å². The van der Waals surface area contributed by atoms with Crippen LogP contribution in [-0.2, 0) is 4.79 Å². The van der Waals surface area contributed by atoms with Gasteiger partial charge in [0, 0.05) is 12.6 Å². The van der Waals surface area contributed by atoms with Crippen LogP contribution < -0.4 is 5.73 Å². The first-order valence-corrected chi connectivity index (χ1v) is 4.40. The molecule has 15 heavy (non-hydrogen) atoms. The van der Waals surface area contributed by atoms with Gasteiger partial charge >= 0.3 is 5.97 Å². The zero-order valence-corrected chi connectivity index (χ0v) is 8.34. The van der Waals surface area contributed by atoms with Gasteiger partial charge in [0.15, 0.2) is 0 Å². The Morgan fingerprint density at radius 2 is 1.93 bits per heavy atom. The zero-order chi connectivity index (χ0) is 11.7. The predicted octanol–water partition coefficient (Wildman–Crippen LogP) is 0.936. The quantitative estimate of drug-likeness (QED) is 0.647. The number of carboxylic acids is 1. The molecule has 0 spiro atoms. The molecule has 0 aliphatic rings. The number of carbonyl (C=O) groups is 1. The lowest BCUT2D eigenvalue weighted by molar-refractivity contribution is -0.131. The van der Waals surface area contributed by atoms with Crippen molar-refractivity contribution in [2.75, 3.05) is 6.54 Å². The van der Waals surface area contributed by atoms with Crippen LogP contribution in [0.2, 0.25) is 0 Å². The van der Waals surface area contributed by atoms with E-state index in [-0.39, 0.29) is 6.54 Å². The normalized spacial score (nSPS) is 10.8. The van der Waals surface area contributed by atoms with E-state index in [1.165, 1.54) is 0 Å².